The molecule has 1 aliphatic carbocycles. The van der Waals surface area contributed by atoms with Crippen molar-refractivity contribution in [2.45, 2.75) is 24.8 Å². The Bertz CT molecular complexity index is 875. The number of allylic oxidation sites excluding steroid dienone is 2. The fourth-order valence-corrected chi connectivity index (χ4v) is 3.35. The number of halogens is 1. The van der Waals surface area contributed by atoms with E-state index in [0.717, 1.165) is 12.0 Å². The number of carbonyl (C=O) groups excluding carboxylic acids is 1. The zero-order valence-corrected chi connectivity index (χ0v) is 14.9. The van der Waals surface area contributed by atoms with Gasteiger partial charge in [0, 0.05) is 35.8 Å². The van der Waals surface area contributed by atoms with Crippen molar-refractivity contribution in [3.63, 3.8) is 0 Å². The fourth-order valence-electron chi connectivity index (χ4n) is 3.18. The van der Waals surface area contributed by atoms with E-state index in [1.807, 2.05) is 29.2 Å². The first kappa shape index (κ1) is 16.8. The second-order valence-corrected chi connectivity index (χ2v) is 6.68. The fraction of sp³-hybridized carbons (Fsp3) is 0.333. The molecule has 2 aromatic heterocycles. The second-order valence-electron chi connectivity index (χ2n) is 6.24. The van der Waals surface area contributed by atoms with Crippen LogP contribution in [0.2, 0.25) is 0 Å². The van der Waals surface area contributed by atoms with Crippen LogP contribution < -0.4 is 4.74 Å². The molecule has 0 bridgehead atoms. The Balaban J connectivity index is 1.48. The number of hydrogen-bond acceptors (Lipinski definition) is 6. The molecule has 0 saturated carbocycles. The molecule has 7 nitrogen and oxygen atoms in total. The summed E-state index contributed by atoms with van der Waals surface area (Å²) in [6.45, 7) is 0.557. The van der Waals surface area contributed by atoms with E-state index in [1.54, 1.807) is 19.4 Å². The lowest BCUT2D eigenvalue weighted by Crippen LogP contribution is -2.35. The maximum Gasteiger partial charge on any atom is 0.232 e. The average molecular weight is 373 g/mol. The zero-order chi connectivity index (χ0) is 18.1. The van der Waals surface area contributed by atoms with Crippen LogP contribution in [0.15, 0.2) is 46.1 Å². The van der Waals surface area contributed by atoms with Crippen LogP contribution in [-0.2, 0) is 4.79 Å². The van der Waals surface area contributed by atoms with Crippen LogP contribution >= 0.6 is 11.6 Å². The highest BCUT2D eigenvalue weighted by Crippen LogP contribution is 2.32. The highest BCUT2D eigenvalue weighted by molar-refractivity contribution is 6.31. The van der Waals surface area contributed by atoms with E-state index >= 15 is 0 Å². The third kappa shape index (κ3) is 3.22. The van der Waals surface area contributed by atoms with Gasteiger partial charge in [-0.2, -0.15) is 4.98 Å². The predicted molar refractivity (Wildman–Crippen MR) is 94.6 cm³/mol. The highest BCUT2D eigenvalue weighted by Gasteiger charge is 2.37. The lowest BCUT2D eigenvalue weighted by atomic mass is 10.1. The normalized spacial score (nSPS) is 22.6. The summed E-state index contributed by atoms with van der Waals surface area (Å²) in [5.74, 6) is 1.42. The van der Waals surface area contributed by atoms with E-state index in [9.17, 15) is 4.79 Å². The number of hydrogen-bond donors (Lipinski definition) is 0. The minimum Gasteiger partial charge on any atom is -0.481 e. The number of methoxy groups -OCH3 is 1. The van der Waals surface area contributed by atoms with Crippen molar-refractivity contribution in [3.05, 3.63) is 47.5 Å². The van der Waals surface area contributed by atoms with Crippen LogP contribution in [0, 0.1) is 0 Å². The molecule has 0 radical (unpaired) electrons. The van der Waals surface area contributed by atoms with E-state index in [0.29, 0.717) is 35.6 Å². The maximum atomic E-state index is 12.4. The first-order chi connectivity index (χ1) is 12.6. The zero-order valence-electron chi connectivity index (χ0n) is 14.1. The Kier molecular flexibility index (Phi) is 4.46. The number of aromatic nitrogens is 3. The van der Waals surface area contributed by atoms with Gasteiger partial charge in [0.1, 0.15) is 0 Å². The lowest BCUT2D eigenvalue weighted by Gasteiger charge is -2.26. The smallest absolute Gasteiger partial charge is 0.232 e. The Morgan fingerprint density at radius 1 is 1.38 bits per heavy atom. The first-order valence-electron chi connectivity index (χ1n) is 8.31. The largest absolute Gasteiger partial charge is 0.481 e. The third-order valence-corrected chi connectivity index (χ3v) is 4.87. The molecule has 8 heteroatoms. The van der Waals surface area contributed by atoms with Gasteiger partial charge in [-0.15, -0.1) is 0 Å². The summed E-state index contributed by atoms with van der Waals surface area (Å²) in [4.78, 5) is 22.9. The first-order valence-corrected chi connectivity index (χ1v) is 8.69. The van der Waals surface area contributed by atoms with Gasteiger partial charge < -0.3 is 14.2 Å². The molecule has 0 aromatic carbocycles. The highest BCUT2D eigenvalue weighted by atomic mass is 35.5. The van der Waals surface area contributed by atoms with Crippen LogP contribution in [0.25, 0.3) is 11.4 Å². The number of ether oxygens (including phenoxy) is 1. The Morgan fingerprint density at radius 3 is 2.96 bits per heavy atom. The molecule has 1 fully saturated rings. The van der Waals surface area contributed by atoms with E-state index in [4.69, 9.17) is 20.9 Å². The number of rotatable bonds is 4. The van der Waals surface area contributed by atoms with Crippen molar-refractivity contribution in [1.29, 1.82) is 0 Å². The van der Waals surface area contributed by atoms with Crippen LogP contribution in [0.5, 0.6) is 5.88 Å². The molecule has 1 amide bonds. The summed E-state index contributed by atoms with van der Waals surface area (Å²) in [5.41, 5.74) is 0.733. The van der Waals surface area contributed by atoms with Crippen molar-refractivity contribution in [2.75, 3.05) is 13.7 Å². The molecule has 1 saturated heterocycles. The van der Waals surface area contributed by atoms with Gasteiger partial charge in [-0.25, -0.2) is 4.98 Å². The molecular formula is C18H17ClN4O3. The Hall–Kier alpha value is -2.67. The number of carbonyl (C=O) groups is 1. The SMILES string of the molecule is COc1ccc(-c2noc(C3CC(=O)N(C4C=CC(Cl)=CC4)C3)n2)cn1. The van der Waals surface area contributed by atoms with Gasteiger partial charge in [-0.3, -0.25) is 4.79 Å². The van der Waals surface area contributed by atoms with E-state index in [1.165, 1.54) is 0 Å². The van der Waals surface area contributed by atoms with Crippen molar-refractivity contribution in [1.82, 2.24) is 20.0 Å². The number of amides is 1. The summed E-state index contributed by atoms with van der Waals surface area (Å²) in [6, 6.07) is 3.58. The van der Waals surface area contributed by atoms with Crippen molar-refractivity contribution in [2.24, 2.45) is 0 Å². The number of likely N-dealkylation sites (tertiary alicyclic amines) is 1. The average Bonchev–Trinajstić information content (AvgIpc) is 3.29. The van der Waals surface area contributed by atoms with Gasteiger partial charge in [0.15, 0.2) is 0 Å². The van der Waals surface area contributed by atoms with Crippen molar-refractivity contribution >= 4 is 17.5 Å². The van der Waals surface area contributed by atoms with Gasteiger partial charge in [0.25, 0.3) is 0 Å². The van der Waals surface area contributed by atoms with Gasteiger partial charge >= 0.3 is 0 Å². The summed E-state index contributed by atoms with van der Waals surface area (Å²) >= 11 is 5.95. The monoisotopic (exact) mass is 372 g/mol. The molecule has 1 aliphatic heterocycles. The molecule has 0 spiro atoms. The topological polar surface area (TPSA) is 81.4 Å². The summed E-state index contributed by atoms with van der Waals surface area (Å²) in [6.07, 6.45) is 8.43. The summed E-state index contributed by atoms with van der Waals surface area (Å²) in [7, 11) is 1.56. The van der Waals surface area contributed by atoms with Crippen LogP contribution in [0.4, 0.5) is 0 Å². The Labute approximate surface area is 155 Å². The molecule has 0 N–H and O–H groups in total. The van der Waals surface area contributed by atoms with Crippen LogP contribution in [-0.4, -0.2) is 45.6 Å². The molecule has 2 unspecified atom stereocenters. The molecule has 2 aliphatic rings. The molecule has 3 heterocycles. The lowest BCUT2D eigenvalue weighted by molar-refractivity contribution is -0.128. The van der Waals surface area contributed by atoms with Gasteiger partial charge in [0.2, 0.25) is 23.5 Å². The molecule has 4 rings (SSSR count). The van der Waals surface area contributed by atoms with Gasteiger partial charge in [-0.1, -0.05) is 28.9 Å². The molecular weight excluding hydrogens is 356 g/mol. The van der Waals surface area contributed by atoms with E-state index in [-0.39, 0.29) is 17.9 Å². The Morgan fingerprint density at radius 2 is 2.27 bits per heavy atom. The molecule has 2 atom stereocenters. The quantitative estimate of drug-likeness (QED) is 0.820. The molecule has 2 aromatic rings. The van der Waals surface area contributed by atoms with Crippen molar-refractivity contribution < 1.29 is 14.1 Å². The predicted octanol–water partition coefficient (Wildman–Crippen LogP) is 2.91. The maximum absolute atomic E-state index is 12.4. The van der Waals surface area contributed by atoms with Crippen LogP contribution in [0.1, 0.15) is 24.7 Å². The van der Waals surface area contributed by atoms with Crippen LogP contribution in [0.3, 0.4) is 0 Å². The molecule has 134 valence electrons. The number of pyridine rings is 1. The minimum absolute atomic E-state index is 0.0307. The third-order valence-electron chi connectivity index (χ3n) is 4.59. The van der Waals surface area contributed by atoms with Gasteiger partial charge in [0.05, 0.1) is 19.1 Å². The molecule has 26 heavy (non-hydrogen) atoms. The van der Waals surface area contributed by atoms with E-state index < -0.39 is 0 Å². The van der Waals surface area contributed by atoms with Gasteiger partial charge in [-0.05, 0) is 18.6 Å². The second kappa shape index (κ2) is 6.92. The standard InChI is InChI=1S/C18H17ClN4O3/c1-25-15-7-2-11(9-20-15)17-21-18(26-22-17)12-8-16(24)23(10-12)14-5-3-13(19)4-6-14/h2-5,7,9,12,14H,6,8,10H2,1H3. The summed E-state index contributed by atoms with van der Waals surface area (Å²) in [5, 5.41) is 4.73. The minimum atomic E-state index is -0.107. The van der Waals surface area contributed by atoms with E-state index in [2.05, 4.69) is 15.1 Å². The summed E-state index contributed by atoms with van der Waals surface area (Å²) < 4.78 is 10.5. The van der Waals surface area contributed by atoms with Crippen molar-refractivity contribution in [3.8, 4) is 17.3 Å². The number of nitrogens with zero attached hydrogens (tertiary/aromatic N) is 4.